The number of halogens is 1. The van der Waals surface area contributed by atoms with Crippen molar-refractivity contribution in [2.45, 2.75) is 18.9 Å². The smallest absolute Gasteiger partial charge is 0.322 e. The lowest BCUT2D eigenvalue weighted by Gasteiger charge is -2.40. The van der Waals surface area contributed by atoms with Gasteiger partial charge in [-0.05, 0) is 41.8 Å². The molecule has 38 heavy (non-hydrogen) atoms. The summed E-state index contributed by atoms with van der Waals surface area (Å²) >= 11 is 6.10. The van der Waals surface area contributed by atoms with Gasteiger partial charge in [-0.2, -0.15) is 5.26 Å². The van der Waals surface area contributed by atoms with Crippen LogP contribution in [0.15, 0.2) is 78.9 Å². The highest BCUT2D eigenvalue weighted by atomic mass is 35.5. The van der Waals surface area contributed by atoms with Crippen molar-refractivity contribution in [1.82, 2.24) is 15.1 Å². The molecule has 3 aromatic rings. The highest BCUT2D eigenvalue weighted by Crippen LogP contribution is 2.20. The number of anilines is 1. The number of benzene rings is 3. The number of para-hydroxylation sites is 1. The fourth-order valence-electron chi connectivity index (χ4n) is 4.38. The third kappa shape index (κ3) is 6.31. The fraction of sp³-hybridized carbons (Fsp3) is 0.241. The highest BCUT2D eigenvalue weighted by molar-refractivity contribution is 6.31. The van der Waals surface area contributed by atoms with Crippen molar-refractivity contribution in [1.29, 1.82) is 5.26 Å². The Morgan fingerprint density at radius 2 is 1.76 bits per heavy atom. The topological polar surface area (TPSA) is 106 Å². The minimum atomic E-state index is -0.907. The van der Waals surface area contributed by atoms with Crippen LogP contribution in [0.1, 0.15) is 34.3 Å². The van der Waals surface area contributed by atoms with Crippen LogP contribution in [0.25, 0.3) is 0 Å². The molecule has 2 N–H and O–H groups in total. The van der Waals surface area contributed by atoms with E-state index in [9.17, 15) is 19.6 Å². The first-order valence-electron chi connectivity index (χ1n) is 12.3. The quantitative estimate of drug-likeness (QED) is 0.490. The first kappa shape index (κ1) is 26.7. The molecule has 0 bridgehead atoms. The van der Waals surface area contributed by atoms with Crippen molar-refractivity contribution in [3.05, 3.63) is 101 Å². The minimum absolute atomic E-state index is 0.00158. The van der Waals surface area contributed by atoms with Crippen LogP contribution in [0, 0.1) is 11.3 Å². The van der Waals surface area contributed by atoms with Crippen LogP contribution < -0.4 is 10.6 Å². The lowest BCUT2D eigenvalue weighted by molar-refractivity contribution is -0.127. The average molecular weight is 530 g/mol. The third-order valence-electron chi connectivity index (χ3n) is 6.54. The summed E-state index contributed by atoms with van der Waals surface area (Å²) < 4.78 is 0. The maximum Gasteiger partial charge on any atom is 0.322 e. The molecule has 1 fully saturated rings. The number of hydrogen-bond acceptors (Lipinski definition) is 4. The van der Waals surface area contributed by atoms with Gasteiger partial charge in [0.25, 0.3) is 5.91 Å². The molecule has 0 radical (unpaired) electrons. The van der Waals surface area contributed by atoms with E-state index < -0.39 is 12.1 Å². The number of nitrogens with zero attached hydrogens (tertiary/aromatic N) is 3. The molecule has 2 atom stereocenters. The van der Waals surface area contributed by atoms with Crippen LogP contribution in [-0.2, 0) is 4.79 Å². The Morgan fingerprint density at radius 3 is 2.50 bits per heavy atom. The molecule has 1 aliphatic heterocycles. The van der Waals surface area contributed by atoms with Gasteiger partial charge in [0.15, 0.2) is 0 Å². The normalized spacial score (nSPS) is 15.8. The van der Waals surface area contributed by atoms with Crippen molar-refractivity contribution in [2.75, 3.05) is 31.5 Å². The van der Waals surface area contributed by atoms with Gasteiger partial charge < -0.3 is 20.4 Å². The Balaban J connectivity index is 1.52. The molecular formula is C29H28ClN5O3. The number of rotatable bonds is 6. The van der Waals surface area contributed by atoms with E-state index in [2.05, 4.69) is 16.7 Å². The summed E-state index contributed by atoms with van der Waals surface area (Å²) in [5, 5.41) is 15.5. The number of nitrogens with one attached hydrogen (secondary N) is 2. The van der Waals surface area contributed by atoms with E-state index in [0.717, 1.165) is 5.56 Å². The largest absolute Gasteiger partial charge is 0.354 e. The molecule has 3 aromatic carbocycles. The number of carbonyl (C=O) groups is 3. The zero-order valence-electron chi connectivity index (χ0n) is 20.9. The molecule has 4 amide bonds. The SMILES string of the molecule is CC(CNC(=O)C1CN(C(=O)Nc2ccccc2C#N)CCN1C(=O)c1cccc(Cl)c1)c1ccccc1. The van der Waals surface area contributed by atoms with E-state index in [-0.39, 0.29) is 37.4 Å². The summed E-state index contributed by atoms with van der Waals surface area (Å²) in [6, 6.07) is 23.8. The van der Waals surface area contributed by atoms with Gasteiger partial charge in [0.2, 0.25) is 5.91 Å². The van der Waals surface area contributed by atoms with Crippen LogP contribution in [0.4, 0.5) is 10.5 Å². The van der Waals surface area contributed by atoms with Gasteiger partial charge in [-0.1, -0.05) is 67.1 Å². The molecule has 1 heterocycles. The van der Waals surface area contributed by atoms with Crippen LogP contribution in [0.2, 0.25) is 5.02 Å². The second-order valence-electron chi connectivity index (χ2n) is 9.12. The van der Waals surface area contributed by atoms with Gasteiger partial charge in [0, 0.05) is 30.2 Å². The summed E-state index contributed by atoms with van der Waals surface area (Å²) in [7, 11) is 0. The molecule has 9 heteroatoms. The maximum atomic E-state index is 13.4. The summed E-state index contributed by atoms with van der Waals surface area (Å²) in [6.07, 6.45) is 0. The van der Waals surface area contributed by atoms with Gasteiger partial charge in [-0.15, -0.1) is 0 Å². The maximum absolute atomic E-state index is 13.4. The highest BCUT2D eigenvalue weighted by Gasteiger charge is 2.37. The van der Waals surface area contributed by atoms with Crippen molar-refractivity contribution in [2.24, 2.45) is 0 Å². The molecular weight excluding hydrogens is 502 g/mol. The molecule has 0 aromatic heterocycles. The number of hydrogen-bond donors (Lipinski definition) is 2. The first-order valence-corrected chi connectivity index (χ1v) is 12.7. The number of nitriles is 1. The van der Waals surface area contributed by atoms with Gasteiger partial charge >= 0.3 is 6.03 Å². The van der Waals surface area contributed by atoms with Crippen molar-refractivity contribution in [3.63, 3.8) is 0 Å². The lowest BCUT2D eigenvalue weighted by Crippen LogP contribution is -2.62. The Kier molecular flexibility index (Phi) is 8.62. The van der Waals surface area contributed by atoms with Crippen LogP contribution in [0.5, 0.6) is 0 Å². The van der Waals surface area contributed by atoms with E-state index in [1.54, 1.807) is 48.5 Å². The van der Waals surface area contributed by atoms with Gasteiger partial charge in [0.1, 0.15) is 12.1 Å². The molecule has 0 aliphatic carbocycles. The second-order valence-corrected chi connectivity index (χ2v) is 9.55. The van der Waals surface area contributed by atoms with E-state index in [0.29, 0.717) is 28.4 Å². The third-order valence-corrected chi connectivity index (χ3v) is 6.78. The van der Waals surface area contributed by atoms with Crippen molar-refractivity contribution in [3.8, 4) is 6.07 Å². The standard InChI is InChI=1S/C29H28ClN5O3/c1-20(21-8-3-2-4-9-21)18-32-27(36)26-19-34(29(38)33-25-13-6-5-10-23(25)17-31)14-15-35(26)28(37)22-11-7-12-24(30)16-22/h2-13,16,20,26H,14-15,18-19H2,1H3,(H,32,36)(H,33,38). The zero-order chi connectivity index (χ0) is 27.1. The Morgan fingerprint density at radius 1 is 1.03 bits per heavy atom. The predicted octanol–water partition coefficient (Wildman–Crippen LogP) is 4.49. The number of urea groups is 1. The Hall–Kier alpha value is -4.35. The Bertz CT molecular complexity index is 1360. The molecule has 2 unspecified atom stereocenters. The average Bonchev–Trinajstić information content (AvgIpc) is 2.95. The van der Waals surface area contributed by atoms with E-state index >= 15 is 0 Å². The predicted molar refractivity (Wildman–Crippen MR) is 146 cm³/mol. The van der Waals surface area contributed by atoms with Crippen molar-refractivity contribution < 1.29 is 14.4 Å². The summed E-state index contributed by atoms with van der Waals surface area (Å²) in [5.74, 6) is -0.626. The van der Waals surface area contributed by atoms with Crippen LogP contribution >= 0.6 is 11.6 Å². The molecule has 1 saturated heterocycles. The van der Waals surface area contributed by atoms with E-state index in [1.165, 1.54) is 9.80 Å². The molecule has 194 valence electrons. The Labute approximate surface area is 226 Å². The second kappa shape index (κ2) is 12.3. The van der Waals surface area contributed by atoms with Crippen LogP contribution in [-0.4, -0.2) is 59.9 Å². The summed E-state index contributed by atoms with van der Waals surface area (Å²) in [6.45, 7) is 2.76. The minimum Gasteiger partial charge on any atom is -0.354 e. The van der Waals surface area contributed by atoms with Gasteiger partial charge in [-0.3, -0.25) is 9.59 Å². The lowest BCUT2D eigenvalue weighted by atomic mass is 10.0. The molecule has 0 saturated carbocycles. The van der Waals surface area contributed by atoms with Gasteiger partial charge in [0.05, 0.1) is 17.8 Å². The van der Waals surface area contributed by atoms with Crippen molar-refractivity contribution >= 4 is 35.1 Å². The number of piperazine rings is 1. The zero-order valence-corrected chi connectivity index (χ0v) is 21.7. The van der Waals surface area contributed by atoms with E-state index in [1.807, 2.05) is 37.3 Å². The molecule has 0 spiro atoms. The molecule has 4 rings (SSSR count). The number of carbonyl (C=O) groups excluding carboxylic acids is 3. The first-order chi connectivity index (χ1) is 18.4. The summed E-state index contributed by atoms with van der Waals surface area (Å²) in [4.78, 5) is 42.9. The van der Waals surface area contributed by atoms with Crippen LogP contribution in [0.3, 0.4) is 0 Å². The summed E-state index contributed by atoms with van der Waals surface area (Å²) in [5.41, 5.74) is 2.17. The van der Waals surface area contributed by atoms with Gasteiger partial charge in [-0.25, -0.2) is 4.79 Å². The molecule has 1 aliphatic rings. The number of amides is 4. The van der Waals surface area contributed by atoms with E-state index in [4.69, 9.17) is 11.6 Å². The molecule has 8 nitrogen and oxygen atoms in total. The monoisotopic (exact) mass is 529 g/mol. The fourth-order valence-corrected chi connectivity index (χ4v) is 4.57.